The van der Waals surface area contributed by atoms with Crippen LogP contribution in [0.25, 0.3) is 0 Å². The molecule has 0 saturated carbocycles. The number of hydrogen-bond acceptors (Lipinski definition) is 4. The van der Waals surface area contributed by atoms with Crippen LogP contribution in [0.1, 0.15) is 19.8 Å². The molecule has 4 nitrogen and oxygen atoms in total. The minimum absolute atomic E-state index is 0.106. The monoisotopic (exact) mass is 198 g/mol. The van der Waals surface area contributed by atoms with Gasteiger partial charge in [-0.3, -0.25) is 0 Å². The summed E-state index contributed by atoms with van der Waals surface area (Å²) in [4.78, 5) is 11.1. The van der Waals surface area contributed by atoms with Crippen LogP contribution >= 0.6 is 0 Å². The van der Waals surface area contributed by atoms with Crippen LogP contribution in [0, 0.1) is 0 Å². The lowest BCUT2D eigenvalue weighted by Gasteiger charge is -2.14. The molecule has 4 atom stereocenters. The molecule has 1 fully saturated rings. The fraction of sp³-hybridized carbons (Fsp3) is 0.700. The van der Waals surface area contributed by atoms with Crippen molar-refractivity contribution in [2.75, 3.05) is 0 Å². The van der Waals surface area contributed by atoms with Crippen molar-refractivity contribution in [2.45, 2.75) is 44.2 Å². The van der Waals surface area contributed by atoms with Crippen LogP contribution in [0.5, 0.6) is 0 Å². The number of aliphatic hydroxyl groups excluding tert-OH is 1. The summed E-state index contributed by atoms with van der Waals surface area (Å²) in [6.45, 7) is 1.82. The van der Waals surface area contributed by atoms with Crippen molar-refractivity contribution in [3.63, 3.8) is 0 Å². The van der Waals surface area contributed by atoms with Crippen molar-refractivity contribution in [3.8, 4) is 0 Å². The number of epoxide rings is 1. The molecule has 2 aliphatic rings. The molecule has 2 aliphatic heterocycles. The largest absolute Gasteiger partial charge is 0.460 e. The Balaban J connectivity index is 2.02. The zero-order chi connectivity index (χ0) is 10.1. The number of rotatable bonds is 0. The van der Waals surface area contributed by atoms with E-state index in [0.717, 1.165) is 0 Å². The van der Waals surface area contributed by atoms with Gasteiger partial charge in [-0.15, -0.1) is 0 Å². The van der Waals surface area contributed by atoms with Crippen LogP contribution in [-0.4, -0.2) is 35.5 Å². The standard InChI is InChI=1S/C10H14O4/c1-6-2-3-7(11)10-8(14-10)4-5-9(12)13-6/h4-8,10-11H,2-3H2,1H3/b5-4-/t6-,7?,8?,10?/m1/s1. The van der Waals surface area contributed by atoms with Gasteiger partial charge >= 0.3 is 5.97 Å². The molecule has 0 aromatic heterocycles. The molecule has 3 unspecified atom stereocenters. The molecule has 14 heavy (non-hydrogen) atoms. The van der Waals surface area contributed by atoms with Gasteiger partial charge in [0.1, 0.15) is 12.2 Å². The second-order valence-electron chi connectivity index (χ2n) is 3.82. The SMILES string of the molecule is C[C@@H]1CCC(O)C2OC2/C=C\C(=O)O1. The Morgan fingerprint density at radius 2 is 2.29 bits per heavy atom. The third-order valence-electron chi connectivity index (χ3n) is 2.55. The molecule has 0 aromatic carbocycles. The number of ether oxygens (including phenoxy) is 2. The van der Waals surface area contributed by atoms with Crippen LogP contribution in [0.3, 0.4) is 0 Å². The second-order valence-corrected chi connectivity index (χ2v) is 3.82. The molecule has 2 rings (SSSR count). The molecule has 0 amide bonds. The van der Waals surface area contributed by atoms with Gasteiger partial charge in [-0.05, 0) is 25.8 Å². The van der Waals surface area contributed by atoms with E-state index in [-0.39, 0.29) is 24.3 Å². The maximum Gasteiger partial charge on any atom is 0.330 e. The second kappa shape index (κ2) is 3.71. The van der Waals surface area contributed by atoms with E-state index >= 15 is 0 Å². The van der Waals surface area contributed by atoms with Crippen molar-refractivity contribution >= 4 is 5.97 Å². The Bertz CT molecular complexity index is 261. The van der Waals surface area contributed by atoms with E-state index in [1.807, 2.05) is 6.92 Å². The predicted octanol–water partition coefficient (Wildman–Crippen LogP) is 0.396. The highest BCUT2D eigenvalue weighted by atomic mass is 16.6. The Hall–Kier alpha value is -0.870. The maximum absolute atomic E-state index is 11.1. The fourth-order valence-electron chi connectivity index (χ4n) is 1.64. The third-order valence-corrected chi connectivity index (χ3v) is 2.55. The van der Waals surface area contributed by atoms with Crippen molar-refractivity contribution in [3.05, 3.63) is 12.2 Å². The number of hydrogen-bond donors (Lipinski definition) is 1. The van der Waals surface area contributed by atoms with Gasteiger partial charge in [0.25, 0.3) is 0 Å². The maximum atomic E-state index is 11.1. The summed E-state index contributed by atoms with van der Waals surface area (Å²) in [7, 11) is 0. The number of carbonyl (C=O) groups excluding carboxylic acids is 1. The number of esters is 1. The summed E-state index contributed by atoms with van der Waals surface area (Å²) in [6, 6.07) is 0. The number of carbonyl (C=O) groups is 1. The van der Waals surface area contributed by atoms with E-state index < -0.39 is 6.10 Å². The highest BCUT2D eigenvalue weighted by molar-refractivity contribution is 5.82. The molecule has 0 bridgehead atoms. The molecule has 1 N–H and O–H groups in total. The summed E-state index contributed by atoms with van der Waals surface area (Å²) in [5.41, 5.74) is 0. The summed E-state index contributed by atoms with van der Waals surface area (Å²) in [5, 5.41) is 9.63. The Morgan fingerprint density at radius 1 is 1.50 bits per heavy atom. The number of cyclic esters (lactones) is 1. The summed E-state index contributed by atoms with van der Waals surface area (Å²) < 4.78 is 10.2. The molecule has 2 heterocycles. The molecule has 0 spiro atoms. The van der Waals surface area contributed by atoms with Crippen LogP contribution in [-0.2, 0) is 14.3 Å². The van der Waals surface area contributed by atoms with Gasteiger partial charge in [-0.25, -0.2) is 4.79 Å². The van der Waals surface area contributed by atoms with Gasteiger partial charge in [-0.1, -0.05) is 0 Å². The summed E-state index contributed by atoms with van der Waals surface area (Å²) in [6.07, 6.45) is 3.50. The first kappa shape index (κ1) is 9.68. The highest BCUT2D eigenvalue weighted by Crippen LogP contribution is 2.29. The van der Waals surface area contributed by atoms with Crippen molar-refractivity contribution in [2.24, 2.45) is 0 Å². The highest BCUT2D eigenvalue weighted by Gasteiger charge is 2.42. The van der Waals surface area contributed by atoms with Crippen molar-refractivity contribution in [1.29, 1.82) is 0 Å². The lowest BCUT2D eigenvalue weighted by Crippen LogP contribution is -2.22. The smallest absolute Gasteiger partial charge is 0.330 e. The van der Waals surface area contributed by atoms with E-state index in [1.165, 1.54) is 6.08 Å². The van der Waals surface area contributed by atoms with Crippen LogP contribution in [0.4, 0.5) is 0 Å². The molecular formula is C10H14O4. The van der Waals surface area contributed by atoms with Crippen LogP contribution in [0.15, 0.2) is 12.2 Å². The topological polar surface area (TPSA) is 59.1 Å². The van der Waals surface area contributed by atoms with Gasteiger partial charge in [0, 0.05) is 6.08 Å². The van der Waals surface area contributed by atoms with Crippen LogP contribution < -0.4 is 0 Å². The minimum Gasteiger partial charge on any atom is -0.460 e. The quantitative estimate of drug-likeness (QED) is 0.452. The minimum atomic E-state index is -0.441. The van der Waals surface area contributed by atoms with Gasteiger partial charge in [0.2, 0.25) is 0 Å². The Labute approximate surface area is 82.5 Å². The molecular weight excluding hydrogens is 184 g/mol. The summed E-state index contributed by atoms with van der Waals surface area (Å²) >= 11 is 0. The molecule has 0 radical (unpaired) electrons. The zero-order valence-corrected chi connectivity index (χ0v) is 8.05. The van der Waals surface area contributed by atoms with E-state index in [1.54, 1.807) is 6.08 Å². The first-order valence-electron chi connectivity index (χ1n) is 4.89. The van der Waals surface area contributed by atoms with Gasteiger partial charge in [-0.2, -0.15) is 0 Å². The van der Waals surface area contributed by atoms with E-state index in [4.69, 9.17) is 9.47 Å². The van der Waals surface area contributed by atoms with Crippen molar-refractivity contribution in [1.82, 2.24) is 0 Å². The molecule has 0 aliphatic carbocycles. The van der Waals surface area contributed by atoms with E-state index in [2.05, 4.69) is 0 Å². The predicted molar refractivity (Wildman–Crippen MR) is 48.6 cm³/mol. The molecule has 0 aromatic rings. The lowest BCUT2D eigenvalue weighted by atomic mass is 10.1. The molecule has 78 valence electrons. The number of fused-ring (bicyclic) bond motifs is 1. The van der Waals surface area contributed by atoms with Gasteiger partial charge in [0.05, 0.1) is 12.2 Å². The Kier molecular flexibility index (Phi) is 2.56. The van der Waals surface area contributed by atoms with Gasteiger partial charge < -0.3 is 14.6 Å². The van der Waals surface area contributed by atoms with Crippen LogP contribution in [0.2, 0.25) is 0 Å². The van der Waals surface area contributed by atoms with Crippen molar-refractivity contribution < 1.29 is 19.4 Å². The fourth-order valence-corrected chi connectivity index (χ4v) is 1.64. The first-order valence-corrected chi connectivity index (χ1v) is 4.89. The Morgan fingerprint density at radius 3 is 3.07 bits per heavy atom. The molecule has 4 heteroatoms. The lowest BCUT2D eigenvalue weighted by molar-refractivity contribution is -0.142. The van der Waals surface area contributed by atoms with E-state index in [0.29, 0.717) is 12.8 Å². The third kappa shape index (κ3) is 2.13. The normalized spacial score (nSPS) is 44.9. The first-order chi connectivity index (χ1) is 6.66. The average Bonchev–Trinajstić information content (AvgIpc) is 2.89. The average molecular weight is 198 g/mol. The number of aliphatic hydroxyl groups is 1. The summed E-state index contributed by atoms with van der Waals surface area (Å²) in [5.74, 6) is -0.330. The molecule has 1 saturated heterocycles. The van der Waals surface area contributed by atoms with E-state index in [9.17, 15) is 9.90 Å². The van der Waals surface area contributed by atoms with Gasteiger partial charge in [0.15, 0.2) is 0 Å². The zero-order valence-electron chi connectivity index (χ0n) is 8.05.